The first-order chi connectivity index (χ1) is 44.5. The number of fused-ring (bicyclic) bond motifs is 3. The molecular formula is C69H89F9N12O4. The summed E-state index contributed by atoms with van der Waals surface area (Å²) in [5.74, 6) is 1.35. The van der Waals surface area contributed by atoms with Gasteiger partial charge in [0.2, 0.25) is 11.8 Å². The molecule has 9 atom stereocenters. The zero-order valence-corrected chi connectivity index (χ0v) is 54.4. The molecule has 3 unspecified atom stereocenters. The molecular weight excluding hydrogens is 1230 g/mol. The van der Waals surface area contributed by atoms with Crippen LogP contribution in [0.3, 0.4) is 0 Å². The van der Waals surface area contributed by atoms with Gasteiger partial charge < -0.3 is 50.9 Å². The van der Waals surface area contributed by atoms with Crippen LogP contribution in [0.1, 0.15) is 95.2 Å². The lowest BCUT2D eigenvalue weighted by Crippen LogP contribution is -2.42. The average Bonchev–Trinajstić information content (AvgIpc) is 1.27. The number of amides is 2. The second-order valence-electron chi connectivity index (χ2n) is 27.1. The standard InChI is InChI=1S/2C23H29F3N4O.C15H16F3N3.C8H15NO2/c2*1-15-12-30(14-19(15)28-21(31)11-16-5-4-10-29(2)13-16)20-8-7-18(23(24,25)26)22-17(20)6-3-9-27-22;1-9-7-21(8-12(9)19)13-5-4-11(15(16,17)18)14-10(13)3-2-6-20-14;1-9-4-2-3-7(6-9)5-8(10)11/h2*3,6-9,15-16,19H,4-5,10-14H2,1-2H3,(H,28,31);2-6,9,12H,7-8,19H2,1H3;7H,2-6H2,1H3,(H,10,11)/t2*15-,16?,19+;9-,12+;/m111./s1. The van der Waals surface area contributed by atoms with Gasteiger partial charge in [-0.25, -0.2) is 0 Å². The molecule has 512 valence electrons. The van der Waals surface area contributed by atoms with Crippen molar-refractivity contribution in [1.29, 1.82) is 0 Å². The number of carbonyl (C=O) groups is 3. The van der Waals surface area contributed by atoms with E-state index < -0.39 is 41.2 Å². The number of halogens is 9. The molecule has 3 aromatic heterocycles. The fourth-order valence-corrected chi connectivity index (χ4v) is 14.5. The van der Waals surface area contributed by atoms with Gasteiger partial charge in [-0.15, -0.1) is 0 Å². The second kappa shape index (κ2) is 30.8. The van der Waals surface area contributed by atoms with E-state index in [1.807, 2.05) is 11.9 Å². The number of carboxylic acid groups (broad SMARTS) is 1. The quantitative estimate of drug-likeness (QED) is 0.0900. The van der Waals surface area contributed by atoms with Crippen LogP contribution in [-0.2, 0) is 32.9 Å². The van der Waals surface area contributed by atoms with E-state index >= 15 is 0 Å². The Morgan fingerprint density at radius 2 is 0.787 bits per heavy atom. The molecule has 3 aromatic carbocycles. The highest BCUT2D eigenvalue weighted by Gasteiger charge is 2.40. The first-order valence-electron chi connectivity index (χ1n) is 32.7. The normalized spacial score (nSPS) is 24.9. The smallest absolute Gasteiger partial charge is 0.418 e. The molecule has 6 fully saturated rings. The highest BCUT2D eigenvalue weighted by Crippen LogP contribution is 2.42. The number of anilines is 3. The maximum atomic E-state index is 13.4. The first kappa shape index (κ1) is 71.2. The average molecular weight is 1320 g/mol. The molecule has 0 aliphatic carbocycles. The van der Waals surface area contributed by atoms with Gasteiger partial charge in [0.1, 0.15) is 0 Å². The van der Waals surface area contributed by atoms with E-state index in [-0.39, 0.29) is 58.3 Å². The number of benzene rings is 3. The maximum absolute atomic E-state index is 13.4. The lowest BCUT2D eigenvalue weighted by atomic mass is 9.94. The highest BCUT2D eigenvalue weighted by molar-refractivity contribution is 5.96. The Hall–Kier alpha value is -7.09. The Balaban J connectivity index is 0.000000156. The Labute approximate surface area is 543 Å². The number of pyridine rings is 3. The van der Waals surface area contributed by atoms with Crippen LogP contribution in [0.2, 0.25) is 0 Å². The van der Waals surface area contributed by atoms with Crippen LogP contribution >= 0.6 is 0 Å². The van der Waals surface area contributed by atoms with Crippen LogP contribution < -0.4 is 31.1 Å². The summed E-state index contributed by atoms with van der Waals surface area (Å²) in [6, 6.07) is 17.9. The van der Waals surface area contributed by atoms with Gasteiger partial charge in [0.25, 0.3) is 0 Å². The summed E-state index contributed by atoms with van der Waals surface area (Å²) in [6.07, 6.45) is -1.12. The third-order valence-corrected chi connectivity index (χ3v) is 19.3. The van der Waals surface area contributed by atoms with Crippen molar-refractivity contribution < 1.29 is 59.0 Å². The maximum Gasteiger partial charge on any atom is 0.418 e. The van der Waals surface area contributed by atoms with E-state index in [2.05, 4.69) is 85.0 Å². The van der Waals surface area contributed by atoms with Crippen molar-refractivity contribution in [1.82, 2.24) is 40.3 Å². The van der Waals surface area contributed by atoms with Gasteiger partial charge >= 0.3 is 24.5 Å². The molecule has 6 aromatic rings. The fourth-order valence-electron chi connectivity index (χ4n) is 14.5. The zero-order chi connectivity index (χ0) is 67.8. The van der Waals surface area contributed by atoms with E-state index in [1.54, 1.807) is 36.4 Å². The number of piperidine rings is 3. The van der Waals surface area contributed by atoms with Crippen molar-refractivity contribution in [2.24, 2.45) is 41.2 Å². The molecule has 16 nitrogen and oxygen atoms in total. The number of hydrogen-bond acceptors (Lipinski definition) is 13. The van der Waals surface area contributed by atoms with E-state index in [0.717, 1.165) is 120 Å². The van der Waals surface area contributed by atoms with Crippen molar-refractivity contribution >= 4 is 67.6 Å². The molecule has 0 radical (unpaired) electrons. The number of rotatable bonds is 11. The minimum Gasteiger partial charge on any atom is -0.481 e. The number of carbonyl (C=O) groups excluding carboxylic acids is 2. The van der Waals surface area contributed by atoms with Crippen molar-refractivity contribution in [3.05, 3.63) is 108 Å². The SMILES string of the molecule is CN1CCCC(CC(=O)O)C1.C[C@@H]1CN(c2ccc(C(F)(F)F)c3ncccc23)C[C@@H]1N.C[C@@H]1CN(c2ccc(C(F)(F)F)c3ncccc23)C[C@@H]1NC(=O)CC1CCCN(C)C1.C[C@@H]1CN(c2ccc(C(F)(F)F)c3ncccc23)C[C@@H]1NC(=O)CC1CCCN(C)C1. The Morgan fingerprint density at radius 1 is 0.468 bits per heavy atom. The van der Waals surface area contributed by atoms with Crippen LogP contribution in [0.5, 0.6) is 0 Å². The summed E-state index contributed by atoms with van der Waals surface area (Å²) in [6.45, 7) is 16.2. The third-order valence-electron chi connectivity index (χ3n) is 19.3. The monoisotopic (exact) mass is 1320 g/mol. The van der Waals surface area contributed by atoms with Crippen molar-refractivity contribution in [2.75, 3.05) is 114 Å². The number of nitrogens with zero attached hydrogens (tertiary/aromatic N) is 9. The molecule has 2 amide bonds. The molecule has 12 rings (SSSR count). The number of hydrogen-bond donors (Lipinski definition) is 4. The van der Waals surface area contributed by atoms with Gasteiger partial charge in [-0.3, -0.25) is 29.3 Å². The Kier molecular flexibility index (Phi) is 23.3. The van der Waals surface area contributed by atoms with Crippen LogP contribution in [-0.4, -0.2) is 170 Å². The molecule has 25 heteroatoms. The van der Waals surface area contributed by atoms with Gasteiger partial charge in [-0.2, -0.15) is 39.5 Å². The van der Waals surface area contributed by atoms with E-state index in [9.17, 15) is 53.9 Å². The highest BCUT2D eigenvalue weighted by atomic mass is 19.4. The number of alkyl halides is 9. The number of nitrogens with two attached hydrogens (primary N) is 1. The molecule has 6 aliphatic rings. The summed E-state index contributed by atoms with van der Waals surface area (Å²) in [5, 5.41) is 16.4. The van der Waals surface area contributed by atoms with Crippen LogP contribution in [0.15, 0.2) is 91.4 Å². The first-order valence-corrected chi connectivity index (χ1v) is 32.7. The van der Waals surface area contributed by atoms with E-state index in [0.29, 0.717) is 91.8 Å². The molecule has 0 bridgehead atoms. The Morgan fingerprint density at radius 3 is 1.09 bits per heavy atom. The molecule has 6 aliphatic heterocycles. The van der Waals surface area contributed by atoms with Gasteiger partial charge in [-0.1, -0.05) is 20.8 Å². The molecule has 0 saturated carbocycles. The number of carboxylic acids is 1. The minimum absolute atomic E-state index is 0.00405. The van der Waals surface area contributed by atoms with Crippen LogP contribution in [0, 0.1) is 35.5 Å². The lowest BCUT2D eigenvalue weighted by Gasteiger charge is -2.29. The summed E-state index contributed by atoms with van der Waals surface area (Å²) in [7, 11) is 6.22. The predicted octanol–water partition coefficient (Wildman–Crippen LogP) is 11.7. The van der Waals surface area contributed by atoms with Crippen LogP contribution in [0.25, 0.3) is 32.7 Å². The predicted molar refractivity (Wildman–Crippen MR) is 348 cm³/mol. The molecule has 6 saturated heterocycles. The van der Waals surface area contributed by atoms with E-state index in [1.165, 1.54) is 36.8 Å². The fraction of sp³-hybridized carbons (Fsp3) is 0.565. The summed E-state index contributed by atoms with van der Waals surface area (Å²) in [4.78, 5) is 60.5. The summed E-state index contributed by atoms with van der Waals surface area (Å²) < 4.78 is 120. The van der Waals surface area contributed by atoms with Gasteiger partial charge in [0.15, 0.2) is 0 Å². The van der Waals surface area contributed by atoms with Crippen molar-refractivity contribution in [2.45, 2.75) is 115 Å². The minimum atomic E-state index is -4.45. The van der Waals surface area contributed by atoms with Crippen LogP contribution in [0.4, 0.5) is 56.6 Å². The number of nitrogens with one attached hydrogen (secondary N) is 2. The third kappa shape index (κ3) is 18.3. The number of aromatic nitrogens is 3. The number of likely N-dealkylation sites (tertiary alicyclic amines) is 3. The molecule has 9 heterocycles. The molecule has 94 heavy (non-hydrogen) atoms. The lowest BCUT2D eigenvalue weighted by molar-refractivity contribution is -0.139. The second-order valence-corrected chi connectivity index (χ2v) is 27.1. The van der Waals surface area contributed by atoms with E-state index in [4.69, 9.17) is 10.8 Å². The Bertz CT molecular complexity index is 3400. The van der Waals surface area contributed by atoms with Gasteiger partial charge in [-0.05, 0) is 188 Å². The largest absolute Gasteiger partial charge is 0.481 e. The number of aliphatic carboxylic acids is 1. The van der Waals surface area contributed by atoms with Gasteiger partial charge in [0.05, 0.1) is 45.3 Å². The summed E-state index contributed by atoms with van der Waals surface area (Å²) in [5.41, 5.74) is 6.03. The van der Waals surface area contributed by atoms with Crippen molar-refractivity contribution in [3.63, 3.8) is 0 Å². The zero-order valence-electron chi connectivity index (χ0n) is 54.4. The summed E-state index contributed by atoms with van der Waals surface area (Å²) >= 11 is 0. The molecule has 5 N–H and O–H groups in total. The molecule has 0 spiro atoms. The van der Waals surface area contributed by atoms with Gasteiger partial charge in [0, 0.05) is 136 Å². The topological polar surface area (TPSA) is 180 Å². The van der Waals surface area contributed by atoms with Crippen molar-refractivity contribution in [3.8, 4) is 0 Å².